The molecule has 0 bridgehead atoms. The van der Waals surface area contributed by atoms with E-state index < -0.39 is 5.60 Å². The molecule has 0 spiro atoms. The number of anilines is 1. The van der Waals surface area contributed by atoms with E-state index in [0.717, 1.165) is 30.9 Å². The Morgan fingerprint density at radius 1 is 1.36 bits per heavy atom. The molecule has 5 nitrogen and oxygen atoms in total. The molecule has 0 unspecified atom stereocenters. The standard InChI is InChI=1S/C17H27N3O2/c1-17(2,3)22-16(21)20-11-7-8-13(12-20)14-9-6-10-15(18-14)19(4)5/h6,9-10,13H,7-8,11-12H2,1-5H3/t13-/m1/s1. The van der Waals surface area contributed by atoms with Gasteiger partial charge in [0, 0.05) is 38.8 Å². The molecule has 0 aromatic carbocycles. The third-order valence-electron chi connectivity index (χ3n) is 3.71. The van der Waals surface area contributed by atoms with E-state index >= 15 is 0 Å². The molecule has 1 aromatic heterocycles. The first kappa shape index (κ1) is 16.6. The zero-order chi connectivity index (χ0) is 16.3. The van der Waals surface area contributed by atoms with Crippen LogP contribution in [0.25, 0.3) is 0 Å². The van der Waals surface area contributed by atoms with Gasteiger partial charge in [-0.2, -0.15) is 0 Å². The molecule has 1 amide bonds. The third kappa shape index (κ3) is 4.36. The van der Waals surface area contributed by atoms with E-state index in [-0.39, 0.29) is 12.0 Å². The summed E-state index contributed by atoms with van der Waals surface area (Å²) in [6.07, 6.45) is 1.82. The van der Waals surface area contributed by atoms with Crippen LogP contribution in [0, 0.1) is 0 Å². The summed E-state index contributed by atoms with van der Waals surface area (Å²) in [5.74, 6) is 1.23. The number of aromatic nitrogens is 1. The lowest BCUT2D eigenvalue weighted by molar-refractivity contribution is 0.0197. The van der Waals surface area contributed by atoms with Gasteiger partial charge in [0.05, 0.1) is 0 Å². The van der Waals surface area contributed by atoms with Crippen molar-refractivity contribution in [2.24, 2.45) is 0 Å². The maximum atomic E-state index is 12.2. The molecule has 1 aromatic rings. The number of ether oxygens (including phenoxy) is 1. The van der Waals surface area contributed by atoms with E-state index in [2.05, 4.69) is 6.07 Å². The van der Waals surface area contributed by atoms with Crippen LogP contribution in [-0.4, -0.2) is 48.8 Å². The molecule has 2 rings (SSSR count). The largest absolute Gasteiger partial charge is 0.444 e. The summed E-state index contributed by atoms with van der Waals surface area (Å²) in [5.41, 5.74) is 0.604. The van der Waals surface area contributed by atoms with Crippen LogP contribution in [-0.2, 0) is 4.74 Å². The minimum Gasteiger partial charge on any atom is -0.444 e. The van der Waals surface area contributed by atoms with E-state index in [4.69, 9.17) is 9.72 Å². The van der Waals surface area contributed by atoms with Crippen LogP contribution in [0.3, 0.4) is 0 Å². The highest BCUT2D eigenvalue weighted by atomic mass is 16.6. The molecule has 0 aliphatic carbocycles. The zero-order valence-corrected chi connectivity index (χ0v) is 14.3. The van der Waals surface area contributed by atoms with Gasteiger partial charge < -0.3 is 14.5 Å². The zero-order valence-electron chi connectivity index (χ0n) is 14.3. The Morgan fingerprint density at radius 2 is 2.09 bits per heavy atom. The average molecular weight is 305 g/mol. The number of amides is 1. The van der Waals surface area contributed by atoms with Crippen molar-refractivity contribution in [2.75, 3.05) is 32.1 Å². The van der Waals surface area contributed by atoms with Crippen molar-refractivity contribution in [1.29, 1.82) is 0 Å². The number of pyridine rings is 1. The van der Waals surface area contributed by atoms with Crippen LogP contribution >= 0.6 is 0 Å². The maximum absolute atomic E-state index is 12.2. The molecule has 5 heteroatoms. The van der Waals surface area contributed by atoms with Crippen LogP contribution in [0.5, 0.6) is 0 Å². The molecule has 1 saturated heterocycles. The lowest BCUT2D eigenvalue weighted by Gasteiger charge is -2.34. The van der Waals surface area contributed by atoms with Gasteiger partial charge in [-0.15, -0.1) is 0 Å². The molecular weight excluding hydrogens is 278 g/mol. The Bertz CT molecular complexity index is 523. The van der Waals surface area contributed by atoms with Gasteiger partial charge in [0.1, 0.15) is 11.4 Å². The van der Waals surface area contributed by atoms with Gasteiger partial charge in [-0.1, -0.05) is 6.07 Å². The number of hydrogen-bond acceptors (Lipinski definition) is 4. The highest BCUT2D eigenvalue weighted by molar-refractivity contribution is 5.68. The van der Waals surface area contributed by atoms with Crippen LogP contribution in [0.4, 0.5) is 10.6 Å². The first-order chi connectivity index (χ1) is 10.3. The van der Waals surface area contributed by atoms with Gasteiger partial charge in [0.15, 0.2) is 0 Å². The van der Waals surface area contributed by atoms with Crippen molar-refractivity contribution >= 4 is 11.9 Å². The molecule has 1 fully saturated rings. The van der Waals surface area contributed by atoms with Crippen molar-refractivity contribution < 1.29 is 9.53 Å². The minimum absolute atomic E-state index is 0.221. The van der Waals surface area contributed by atoms with Crippen LogP contribution in [0.2, 0.25) is 0 Å². The predicted molar refractivity (Wildman–Crippen MR) is 88.3 cm³/mol. The second-order valence-corrected chi connectivity index (χ2v) is 7.08. The Hall–Kier alpha value is -1.78. The van der Waals surface area contributed by atoms with E-state index in [0.29, 0.717) is 6.54 Å². The fourth-order valence-corrected chi connectivity index (χ4v) is 2.63. The van der Waals surface area contributed by atoms with Crippen molar-refractivity contribution in [3.8, 4) is 0 Å². The predicted octanol–water partition coefficient (Wildman–Crippen LogP) is 3.26. The molecule has 122 valence electrons. The molecule has 1 aliphatic rings. The Morgan fingerprint density at radius 3 is 2.73 bits per heavy atom. The number of likely N-dealkylation sites (tertiary alicyclic amines) is 1. The normalized spacial score (nSPS) is 19.0. The lowest BCUT2D eigenvalue weighted by atomic mass is 9.94. The van der Waals surface area contributed by atoms with Gasteiger partial charge in [0.2, 0.25) is 0 Å². The first-order valence-corrected chi connectivity index (χ1v) is 7.88. The first-order valence-electron chi connectivity index (χ1n) is 7.88. The van der Waals surface area contributed by atoms with Crippen LogP contribution in [0.15, 0.2) is 18.2 Å². The maximum Gasteiger partial charge on any atom is 0.410 e. The summed E-state index contributed by atoms with van der Waals surface area (Å²) in [6, 6.07) is 6.08. The number of nitrogens with zero attached hydrogens (tertiary/aromatic N) is 3. The summed E-state index contributed by atoms with van der Waals surface area (Å²) in [4.78, 5) is 20.8. The molecule has 0 saturated carbocycles. The minimum atomic E-state index is -0.451. The van der Waals surface area contributed by atoms with Crippen molar-refractivity contribution in [3.63, 3.8) is 0 Å². The smallest absolute Gasteiger partial charge is 0.410 e. The number of hydrogen-bond donors (Lipinski definition) is 0. The monoisotopic (exact) mass is 305 g/mol. The molecule has 0 radical (unpaired) electrons. The number of carbonyl (C=O) groups excluding carboxylic acids is 1. The Balaban J connectivity index is 2.07. The molecular formula is C17H27N3O2. The molecule has 0 N–H and O–H groups in total. The van der Waals surface area contributed by atoms with E-state index in [1.807, 2.05) is 56.8 Å². The SMILES string of the molecule is CN(C)c1cccc([C@@H]2CCCN(C(=O)OC(C)(C)C)C2)n1. The topological polar surface area (TPSA) is 45.7 Å². The number of rotatable bonds is 2. The Kier molecular flexibility index (Phi) is 4.94. The lowest BCUT2D eigenvalue weighted by Crippen LogP contribution is -2.42. The van der Waals surface area contributed by atoms with E-state index in [9.17, 15) is 4.79 Å². The number of carbonyl (C=O) groups is 1. The van der Waals surface area contributed by atoms with Crippen molar-refractivity contribution in [1.82, 2.24) is 9.88 Å². The molecule has 22 heavy (non-hydrogen) atoms. The average Bonchev–Trinajstić information content (AvgIpc) is 2.46. The summed E-state index contributed by atoms with van der Waals surface area (Å²) < 4.78 is 5.48. The van der Waals surface area contributed by atoms with Gasteiger partial charge in [-0.3, -0.25) is 0 Å². The second-order valence-electron chi connectivity index (χ2n) is 7.08. The Labute approximate surface area is 133 Å². The molecule has 1 aliphatic heterocycles. The summed E-state index contributed by atoms with van der Waals surface area (Å²) in [7, 11) is 3.97. The molecule has 2 heterocycles. The summed E-state index contributed by atoms with van der Waals surface area (Å²) in [5, 5.41) is 0. The third-order valence-corrected chi connectivity index (χ3v) is 3.71. The highest BCUT2D eigenvalue weighted by Gasteiger charge is 2.29. The van der Waals surface area contributed by atoms with E-state index in [1.165, 1.54) is 0 Å². The van der Waals surface area contributed by atoms with Crippen molar-refractivity contribution in [3.05, 3.63) is 23.9 Å². The summed E-state index contributed by atoms with van der Waals surface area (Å²) in [6.45, 7) is 7.13. The van der Waals surface area contributed by atoms with Crippen LogP contribution in [0.1, 0.15) is 45.2 Å². The number of piperidine rings is 1. The second kappa shape index (κ2) is 6.55. The van der Waals surface area contributed by atoms with E-state index in [1.54, 1.807) is 0 Å². The van der Waals surface area contributed by atoms with Gasteiger partial charge in [-0.05, 0) is 45.7 Å². The fourth-order valence-electron chi connectivity index (χ4n) is 2.63. The highest BCUT2D eigenvalue weighted by Crippen LogP contribution is 2.27. The van der Waals surface area contributed by atoms with Gasteiger partial charge >= 0.3 is 6.09 Å². The van der Waals surface area contributed by atoms with Crippen LogP contribution < -0.4 is 4.90 Å². The summed E-state index contributed by atoms with van der Waals surface area (Å²) >= 11 is 0. The van der Waals surface area contributed by atoms with Gasteiger partial charge in [0.25, 0.3) is 0 Å². The quantitative estimate of drug-likeness (QED) is 0.841. The fraction of sp³-hybridized carbons (Fsp3) is 0.647. The molecule has 1 atom stereocenters. The van der Waals surface area contributed by atoms with Gasteiger partial charge in [-0.25, -0.2) is 9.78 Å². The van der Waals surface area contributed by atoms with Crippen molar-refractivity contribution in [2.45, 2.75) is 45.1 Å².